The van der Waals surface area contributed by atoms with Crippen LogP contribution in [0.5, 0.6) is 0 Å². The minimum atomic E-state index is -3.18. The van der Waals surface area contributed by atoms with Crippen LogP contribution >= 0.6 is 0 Å². The van der Waals surface area contributed by atoms with E-state index in [9.17, 15) is 13.5 Å². The summed E-state index contributed by atoms with van der Waals surface area (Å²) in [6.45, 7) is 7.06. The third-order valence-electron chi connectivity index (χ3n) is 4.27. The van der Waals surface area contributed by atoms with Crippen molar-refractivity contribution >= 4 is 10.0 Å². The van der Waals surface area contributed by atoms with Gasteiger partial charge in [0, 0.05) is 45.8 Å². The molecular weight excluding hydrogens is 278 g/mol. The molecule has 2 rings (SSSR count). The Kier molecular flexibility index (Phi) is 5.07. The second-order valence-corrected chi connectivity index (χ2v) is 8.29. The lowest BCUT2D eigenvalue weighted by Crippen LogP contribution is -2.52. The molecule has 0 saturated carbocycles. The molecule has 1 unspecified atom stereocenters. The molecule has 2 fully saturated rings. The van der Waals surface area contributed by atoms with Gasteiger partial charge in [-0.2, -0.15) is 4.31 Å². The van der Waals surface area contributed by atoms with Crippen LogP contribution in [0.3, 0.4) is 0 Å². The topological polar surface area (TPSA) is 64.1 Å². The van der Waals surface area contributed by atoms with E-state index in [1.807, 2.05) is 6.92 Å². The van der Waals surface area contributed by atoms with Gasteiger partial charge in [-0.05, 0) is 19.9 Å². The molecule has 2 aliphatic rings. The van der Waals surface area contributed by atoms with Gasteiger partial charge in [0.1, 0.15) is 0 Å². The van der Waals surface area contributed by atoms with E-state index >= 15 is 0 Å². The number of β-amino-alcohol motifs (C(OH)–C–C–N with tert-alkyl or cyclic N) is 1. The van der Waals surface area contributed by atoms with E-state index in [0.29, 0.717) is 25.9 Å². The standard InChI is InChI=1S/C13H27N3O3S/c1-3-10-20(18,19)16-5-4-13(17,12-16)11-15-8-6-14(2)7-9-15/h17H,3-12H2,1-2H3. The summed E-state index contributed by atoms with van der Waals surface area (Å²) in [5.74, 6) is 0.178. The van der Waals surface area contributed by atoms with E-state index in [-0.39, 0.29) is 12.3 Å². The molecule has 20 heavy (non-hydrogen) atoms. The minimum Gasteiger partial charge on any atom is -0.387 e. The Morgan fingerprint density at radius 1 is 1.15 bits per heavy atom. The molecule has 2 heterocycles. The Labute approximate surface area is 122 Å². The summed E-state index contributed by atoms with van der Waals surface area (Å²) < 4.78 is 25.6. The quantitative estimate of drug-likeness (QED) is 0.736. The number of aliphatic hydroxyl groups is 1. The zero-order valence-electron chi connectivity index (χ0n) is 12.6. The molecule has 0 aromatic rings. The van der Waals surface area contributed by atoms with Crippen molar-refractivity contribution in [2.24, 2.45) is 0 Å². The minimum absolute atomic E-state index is 0.178. The Balaban J connectivity index is 1.90. The van der Waals surface area contributed by atoms with Gasteiger partial charge in [-0.1, -0.05) is 6.92 Å². The Bertz CT molecular complexity index is 421. The maximum atomic E-state index is 12.1. The van der Waals surface area contributed by atoms with E-state index in [1.54, 1.807) is 0 Å². The molecule has 0 aromatic carbocycles. The van der Waals surface area contributed by atoms with Crippen molar-refractivity contribution in [3.8, 4) is 0 Å². The van der Waals surface area contributed by atoms with E-state index in [4.69, 9.17) is 0 Å². The molecule has 6 nitrogen and oxygen atoms in total. The Morgan fingerprint density at radius 2 is 1.80 bits per heavy atom. The van der Waals surface area contributed by atoms with Crippen molar-refractivity contribution < 1.29 is 13.5 Å². The van der Waals surface area contributed by atoms with Gasteiger partial charge in [-0.3, -0.25) is 4.90 Å². The number of hydrogen-bond acceptors (Lipinski definition) is 5. The van der Waals surface area contributed by atoms with Crippen molar-refractivity contribution in [1.82, 2.24) is 14.1 Å². The van der Waals surface area contributed by atoms with Crippen LogP contribution < -0.4 is 0 Å². The second-order valence-electron chi connectivity index (χ2n) is 6.20. The van der Waals surface area contributed by atoms with E-state index in [0.717, 1.165) is 26.2 Å². The summed E-state index contributed by atoms with van der Waals surface area (Å²) in [5, 5.41) is 10.6. The van der Waals surface area contributed by atoms with Crippen LogP contribution in [-0.4, -0.2) is 91.8 Å². The number of nitrogens with zero attached hydrogens (tertiary/aromatic N) is 3. The van der Waals surface area contributed by atoms with Crippen LogP contribution in [0.15, 0.2) is 0 Å². The Morgan fingerprint density at radius 3 is 2.40 bits per heavy atom. The van der Waals surface area contributed by atoms with Gasteiger partial charge in [0.25, 0.3) is 0 Å². The number of hydrogen-bond donors (Lipinski definition) is 1. The van der Waals surface area contributed by atoms with Gasteiger partial charge in [-0.15, -0.1) is 0 Å². The molecule has 0 bridgehead atoms. The first-order valence-corrected chi connectivity index (χ1v) is 9.07. The predicted octanol–water partition coefficient (Wildman–Crippen LogP) is -0.590. The summed E-state index contributed by atoms with van der Waals surface area (Å²) in [5.41, 5.74) is -0.878. The molecule has 0 aliphatic carbocycles. The lowest BCUT2D eigenvalue weighted by Gasteiger charge is -2.36. The molecule has 1 atom stereocenters. The monoisotopic (exact) mass is 305 g/mol. The summed E-state index contributed by atoms with van der Waals surface area (Å²) in [6, 6.07) is 0. The van der Waals surface area contributed by atoms with Crippen LogP contribution in [0.4, 0.5) is 0 Å². The van der Waals surface area contributed by atoms with Crippen LogP contribution in [0, 0.1) is 0 Å². The number of sulfonamides is 1. The van der Waals surface area contributed by atoms with Gasteiger partial charge in [0.05, 0.1) is 11.4 Å². The third-order valence-corrected chi connectivity index (χ3v) is 6.29. The highest BCUT2D eigenvalue weighted by atomic mass is 32.2. The molecule has 0 amide bonds. The molecule has 2 saturated heterocycles. The number of likely N-dealkylation sites (N-methyl/N-ethyl adjacent to an activating group) is 1. The molecule has 1 N–H and O–H groups in total. The summed E-state index contributed by atoms with van der Waals surface area (Å²) in [6.07, 6.45) is 1.16. The van der Waals surface area contributed by atoms with E-state index < -0.39 is 15.6 Å². The van der Waals surface area contributed by atoms with Crippen molar-refractivity contribution in [2.45, 2.75) is 25.4 Å². The van der Waals surface area contributed by atoms with Crippen LogP contribution in [0.1, 0.15) is 19.8 Å². The van der Waals surface area contributed by atoms with E-state index in [2.05, 4.69) is 16.8 Å². The van der Waals surface area contributed by atoms with Crippen molar-refractivity contribution in [1.29, 1.82) is 0 Å². The smallest absolute Gasteiger partial charge is 0.214 e. The van der Waals surface area contributed by atoms with Gasteiger partial charge < -0.3 is 10.0 Å². The van der Waals surface area contributed by atoms with Crippen LogP contribution in [-0.2, 0) is 10.0 Å². The fraction of sp³-hybridized carbons (Fsp3) is 1.00. The highest BCUT2D eigenvalue weighted by Crippen LogP contribution is 2.25. The third kappa shape index (κ3) is 3.92. The average molecular weight is 305 g/mol. The summed E-state index contributed by atoms with van der Waals surface area (Å²) in [7, 11) is -1.09. The van der Waals surface area contributed by atoms with Crippen LogP contribution in [0.2, 0.25) is 0 Å². The van der Waals surface area contributed by atoms with Crippen molar-refractivity contribution in [2.75, 3.05) is 58.6 Å². The maximum absolute atomic E-state index is 12.1. The van der Waals surface area contributed by atoms with Crippen molar-refractivity contribution in [3.05, 3.63) is 0 Å². The first-order valence-electron chi connectivity index (χ1n) is 7.46. The molecule has 2 aliphatic heterocycles. The SMILES string of the molecule is CCCS(=O)(=O)N1CCC(O)(CN2CCN(C)CC2)C1. The van der Waals surface area contributed by atoms with Crippen molar-refractivity contribution in [3.63, 3.8) is 0 Å². The second kappa shape index (κ2) is 6.27. The number of piperazine rings is 1. The van der Waals surface area contributed by atoms with Crippen LogP contribution in [0.25, 0.3) is 0 Å². The molecule has 0 aromatic heterocycles. The molecular formula is C13H27N3O3S. The highest BCUT2D eigenvalue weighted by Gasteiger charge is 2.41. The lowest BCUT2D eigenvalue weighted by atomic mass is 10.0. The maximum Gasteiger partial charge on any atom is 0.214 e. The largest absolute Gasteiger partial charge is 0.387 e. The average Bonchev–Trinajstić information content (AvgIpc) is 2.76. The zero-order chi connectivity index (χ0) is 14.8. The van der Waals surface area contributed by atoms with Gasteiger partial charge in [-0.25, -0.2) is 8.42 Å². The fourth-order valence-corrected chi connectivity index (χ4v) is 4.58. The first-order chi connectivity index (χ1) is 9.35. The predicted molar refractivity (Wildman–Crippen MR) is 79.2 cm³/mol. The van der Waals surface area contributed by atoms with Gasteiger partial charge in [0.2, 0.25) is 10.0 Å². The highest BCUT2D eigenvalue weighted by molar-refractivity contribution is 7.89. The summed E-state index contributed by atoms with van der Waals surface area (Å²) >= 11 is 0. The van der Waals surface area contributed by atoms with E-state index in [1.165, 1.54) is 4.31 Å². The summed E-state index contributed by atoms with van der Waals surface area (Å²) in [4.78, 5) is 4.52. The molecule has 0 radical (unpaired) electrons. The number of rotatable bonds is 5. The van der Waals surface area contributed by atoms with Gasteiger partial charge in [0.15, 0.2) is 0 Å². The normalized spacial score (nSPS) is 30.9. The van der Waals surface area contributed by atoms with Gasteiger partial charge >= 0.3 is 0 Å². The fourth-order valence-electron chi connectivity index (χ4n) is 2.99. The molecule has 118 valence electrons. The molecule has 7 heteroatoms. The zero-order valence-corrected chi connectivity index (χ0v) is 13.4. The Hall–Kier alpha value is -0.210. The first kappa shape index (κ1) is 16.2. The lowest BCUT2D eigenvalue weighted by molar-refractivity contribution is 0.00425. The molecule has 0 spiro atoms.